The van der Waals surface area contributed by atoms with Crippen LogP contribution in [0.3, 0.4) is 0 Å². The number of hydrogen-bond acceptors (Lipinski definition) is 7. The summed E-state index contributed by atoms with van der Waals surface area (Å²) in [7, 11) is -1.26. The molecule has 0 unspecified atom stereocenters. The van der Waals surface area contributed by atoms with Crippen molar-refractivity contribution in [2.24, 2.45) is 17.8 Å². The highest BCUT2D eigenvalue weighted by Gasteiger charge is 2.58. The lowest BCUT2D eigenvalue weighted by atomic mass is 9.55. The average molecular weight is 516 g/mol. The van der Waals surface area contributed by atoms with Crippen molar-refractivity contribution >= 4 is 18.9 Å². The molecule has 0 spiro atoms. The third kappa shape index (κ3) is 4.47. The molecule has 38 heavy (non-hydrogen) atoms. The smallest absolute Gasteiger partial charge is 0.487 e. The average Bonchev–Trinajstić information content (AvgIpc) is 3.19. The third-order valence-electron chi connectivity index (χ3n) is 8.87. The highest BCUT2D eigenvalue weighted by atomic mass is 16.5. The molecule has 0 bridgehead atoms. The second-order valence-corrected chi connectivity index (χ2v) is 11.0. The molecular formula is C29H33BN2O6. The van der Waals surface area contributed by atoms with Crippen molar-refractivity contribution < 1.29 is 29.5 Å². The van der Waals surface area contributed by atoms with Crippen LogP contribution in [0.1, 0.15) is 42.9 Å². The van der Waals surface area contributed by atoms with E-state index in [1.165, 1.54) is 10.5 Å². The molecule has 8 nitrogen and oxygen atoms in total. The molecule has 4 atom stereocenters. The first-order valence-corrected chi connectivity index (χ1v) is 13.5. The van der Waals surface area contributed by atoms with E-state index < -0.39 is 31.0 Å². The number of aromatic hydroxyl groups is 1. The van der Waals surface area contributed by atoms with Crippen LogP contribution in [-0.2, 0) is 20.8 Å². The fraction of sp³-hybridized carbons (Fsp3) is 0.448. The minimum atomic E-state index is -1.26. The van der Waals surface area contributed by atoms with Crippen molar-refractivity contribution in [2.75, 3.05) is 19.7 Å². The number of nitrogens with zero attached hydrogens (tertiary/aromatic N) is 2. The van der Waals surface area contributed by atoms with Crippen molar-refractivity contribution in [2.45, 2.75) is 44.4 Å². The quantitative estimate of drug-likeness (QED) is 0.414. The number of allylic oxidation sites excluding steroid dienone is 1. The van der Waals surface area contributed by atoms with Gasteiger partial charge in [0.1, 0.15) is 5.75 Å². The van der Waals surface area contributed by atoms with Crippen LogP contribution < -0.4 is 0 Å². The summed E-state index contributed by atoms with van der Waals surface area (Å²) in [6.07, 6.45) is 1.68. The van der Waals surface area contributed by atoms with Gasteiger partial charge in [0, 0.05) is 25.7 Å². The maximum atomic E-state index is 13.9. The van der Waals surface area contributed by atoms with Gasteiger partial charge in [0.25, 0.3) is 0 Å². The van der Waals surface area contributed by atoms with Gasteiger partial charge in [-0.3, -0.25) is 19.4 Å². The first-order valence-electron chi connectivity index (χ1n) is 13.5. The van der Waals surface area contributed by atoms with Crippen LogP contribution in [0.2, 0.25) is 0 Å². The molecule has 0 saturated carbocycles. The van der Waals surface area contributed by atoms with E-state index in [1.54, 1.807) is 24.3 Å². The number of phenolic OH excluding ortho intramolecular Hbond substituents is 1. The number of benzene rings is 2. The molecule has 4 aliphatic rings. The van der Waals surface area contributed by atoms with E-state index in [9.17, 15) is 24.8 Å². The molecule has 198 valence electrons. The van der Waals surface area contributed by atoms with Gasteiger partial charge in [0.15, 0.2) is 0 Å². The van der Waals surface area contributed by atoms with Gasteiger partial charge in [0.05, 0.1) is 24.5 Å². The van der Waals surface area contributed by atoms with Gasteiger partial charge >= 0.3 is 7.12 Å². The highest BCUT2D eigenvalue weighted by Crippen LogP contribution is 2.52. The number of carbonyl (C=O) groups excluding carboxylic acids is 2. The minimum absolute atomic E-state index is 0.132. The Balaban J connectivity index is 1.21. The predicted molar refractivity (Wildman–Crippen MR) is 140 cm³/mol. The third-order valence-corrected chi connectivity index (χ3v) is 8.87. The van der Waals surface area contributed by atoms with Crippen LogP contribution >= 0.6 is 0 Å². The van der Waals surface area contributed by atoms with E-state index in [1.807, 2.05) is 18.2 Å². The van der Waals surface area contributed by atoms with Crippen LogP contribution in [0.25, 0.3) is 0 Å². The standard InChI is InChI=1S/C29H33BN2O6/c33-17-20-14-24-26(23-15-25(38-30(37)27(20)23)19-6-8-22(34)9-7-19)29(36)32(28(24)35)21-10-12-31(13-11-21)16-18-4-2-1-3-5-18/h1-9,21,23-26,33-34,37H,10-17H2/t23-,24-,25-,26+/m0/s1. The molecule has 9 heteroatoms. The number of hydrogen-bond donors (Lipinski definition) is 3. The number of fused-ring (bicyclic) bond motifs is 3. The Morgan fingerprint density at radius 1 is 0.947 bits per heavy atom. The van der Waals surface area contributed by atoms with Crippen molar-refractivity contribution in [1.29, 1.82) is 0 Å². The number of amides is 2. The van der Waals surface area contributed by atoms with Gasteiger partial charge in [-0.05, 0) is 65.9 Å². The highest BCUT2D eigenvalue weighted by molar-refractivity contribution is 6.53. The maximum Gasteiger partial charge on any atom is 0.487 e. The number of piperidine rings is 1. The monoisotopic (exact) mass is 516 g/mol. The zero-order valence-electron chi connectivity index (χ0n) is 21.3. The Labute approximate surface area is 222 Å². The molecule has 6 rings (SSSR count). The van der Waals surface area contributed by atoms with Crippen molar-refractivity contribution in [3.63, 3.8) is 0 Å². The SMILES string of the molecule is O=C1[C@H]2[C@H](CC(CO)=C3B(O)O[C@H](c4ccc(O)cc4)C[C@H]32)C(=O)N1C1CCN(Cc2ccccc2)CC1. The van der Waals surface area contributed by atoms with Crippen LogP contribution in [0.4, 0.5) is 0 Å². The molecule has 3 fully saturated rings. The number of imide groups is 1. The van der Waals surface area contributed by atoms with Gasteiger partial charge in [-0.2, -0.15) is 0 Å². The minimum Gasteiger partial charge on any atom is -0.508 e. The number of aliphatic hydroxyl groups excluding tert-OH is 1. The summed E-state index contributed by atoms with van der Waals surface area (Å²) in [5.74, 6) is -1.64. The Kier molecular flexibility index (Phi) is 6.86. The van der Waals surface area contributed by atoms with Gasteiger partial charge in [-0.25, -0.2) is 0 Å². The molecule has 0 radical (unpaired) electrons. The number of carbonyl (C=O) groups is 2. The summed E-state index contributed by atoms with van der Waals surface area (Å²) in [5, 5.41) is 30.8. The summed E-state index contributed by atoms with van der Waals surface area (Å²) < 4.78 is 5.92. The Morgan fingerprint density at radius 3 is 2.34 bits per heavy atom. The molecule has 1 aliphatic carbocycles. The number of phenols is 1. The predicted octanol–water partition coefficient (Wildman–Crippen LogP) is 2.45. The summed E-state index contributed by atoms with van der Waals surface area (Å²) in [6, 6.07) is 16.8. The summed E-state index contributed by atoms with van der Waals surface area (Å²) in [5.41, 5.74) is 3.20. The summed E-state index contributed by atoms with van der Waals surface area (Å²) >= 11 is 0. The summed E-state index contributed by atoms with van der Waals surface area (Å²) in [4.78, 5) is 31.5. The van der Waals surface area contributed by atoms with Crippen LogP contribution in [0.15, 0.2) is 65.6 Å². The van der Waals surface area contributed by atoms with Gasteiger partial charge in [-0.1, -0.05) is 42.5 Å². The topological polar surface area (TPSA) is 111 Å². The second kappa shape index (κ2) is 10.3. The second-order valence-electron chi connectivity index (χ2n) is 11.0. The zero-order chi connectivity index (χ0) is 26.4. The van der Waals surface area contributed by atoms with Crippen LogP contribution in [-0.4, -0.2) is 69.7 Å². The van der Waals surface area contributed by atoms with E-state index in [4.69, 9.17) is 4.65 Å². The largest absolute Gasteiger partial charge is 0.508 e. The van der Waals surface area contributed by atoms with E-state index in [0.717, 1.165) is 38.0 Å². The van der Waals surface area contributed by atoms with Crippen LogP contribution in [0, 0.1) is 17.8 Å². The van der Waals surface area contributed by atoms with Crippen molar-refractivity contribution in [1.82, 2.24) is 9.80 Å². The fourth-order valence-electron chi connectivity index (χ4n) is 7.02. The number of rotatable bonds is 5. The van der Waals surface area contributed by atoms with E-state index in [0.29, 0.717) is 17.5 Å². The molecule has 2 aromatic carbocycles. The van der Waals surface area contributed by atoms with Gasteiger partial charge in [0.2, 0.25) is 11.8 Å². The van der Waals surface area contributed by atoms with E-state index >= 15 is 0 Å². The first-order chi connectivity index (χ1) is 18.4. The molecule has 3 heterocycles. The van der Waals surface area contributed by atoms with Crippen LogP contribution in [0.5, 0.6) is 5.75 Å². The lowest BCUT2D eigenvalue weighted by Gasteiger charge is -2.42. The Morgan fingerprint density at radius 2 is 1.66 bits per heavy atom. The number of aliphatic hydroxyl groups is 1. The van der Waals surface area contributed by atoms with Crippen molar-refractivity contribution in [3.05, 3.63) is 76.8 Å². The molecule has 0 aromatic heterocycles. The lowest BCUT2D eigenvalue weighted by molar-refractivity contribution is -0.144. The normalized spacial score (nSPS) is 28.6. The molecule has 3 saturated heterocycles. The molecular weight excluding hydrogens is 483 g/mol. The zero-order valence-corrected chi connectivity index (χ0v) is 21.3. The van der Waals surface area contributed by atoms with Gasteiger partial charge < -0.3 is 19.9 Å². The van der Waals surface area contributed by atoms with E-state index in [2.05, 4.69) is 17.0 Å². The van der Waals surface area contributed by atoms with E-state index in [-0.39, 0.29) is 36.6 Å². The number of likely N-dealkylation sites (tertiary alicyclic amines) is 2. The lowest BCUT2D eigenvalue weighted by Crippen LogP contribution is -2.48. The molecule has 3 aliphatic heterocycles. The fourth-order valence-corrected chi connectivity index (χ4v) is 7.02. The Hall–Kier alpha value is -2.98. The van der Waals surface area contributed by atoms with Gasteiger partial charge in [-0.15, -0.1) is 0 Å². The molecule has 2 aromatic rings. The first kappa shape index (κ1) is 25.3. The Bertz CT molecular complexity index is 1230. The van der Waals surface area contributed by atoms with Crippen molar-refractivity contribution in [3.8, 4) is 5.75 Å². The molecule has 2 amide bonds. The molecule has 3 N–H and O–H groups in total. The summed E-state index contributed by atoms with van der Waals surface area (Å²) in [6.45, 7) is 2.21. The maximum absolute atomic E-state index is 13.9.